The first kappa shape index (κ1) is 11.8. The molecule has 0 saturated carbocycles. The van der Waals surface area contributed by atoms with Crippen molar-refractivity contribution in [2.24, 2.45) is 5.10 Å². The van der Waals surface area contributed by atoms with Crippen molar-refractivity contribution in [3.05, 3.63) is 52.5 Å². The van der Waals surface area contributed by atoms with Crippen molar-refractivity contribution >= 4 is 12.1 Å². The minimum Gasteiger partial charge on any atom is -0.359 e. The Balaban J connectivity index is 2.00. The zero-order valence-corrected chi connectivity index (χ0v) is 9.53. The third-order valence-electron chi connectivity index (χ3n) is 2.25. The van der Waals surface area contributed by atoms with Crippen molar-refractivity contribution in [2.45, 2.75) is 6.92 Å². The number of carbonyl (C=O) groups excluding carboxylic acids is 1. The summed E-state index contributed by atoms with van der Waals surface area (Å²) in [7, 11) is 0. The normalized spacial score (nSPS) is 10.7. The number of rotatable bonds is 3. The predicted octanol–water partition coefficient (Wildman–Crippen LogP) is 0.380. The average Bonchev–Trinajstić information content (AvgIpc) is 2.71. The minimum absolute atomic E-state index is 0.262. The van der Waals surface area contributed by atoms with Gasteiger partial charge in [0.05, 0.1) is 0 Å². The maximum Gasteiger partial charge on any atom is 0.271 e. The summed E-state index contributed by atoms with van der Waals surface area (Å²) in [5.41, 5.74) is 3.35. The second kappa shape index (κ2) is 5.09. The van der Waals surface area contributed by atoms with Crippen molar-refractivity contribution in [1.29, 1.82) is 0 Å². The van der Waals surface area contributed by atoms with Crippen molar-refractivity contribution < 1.29 is 14.3 Å². The molecule has 0 aliphatic rings. The quantitative estimate of drug-likeness (QED) is 0.481. The highest BCUT2D eigenvalue weighted by Gasteiger charge is 2.11. The summed E-state index contributed by atoms with van der Waals surface area (Å²) < 4.78 is 4.34. The van der Waals surface area contributed by atoms with E-state index in [1.165, 1.54) is 13.1 Å². The summed E-state index contributed by atoms with van der Waals surface area (Å²) in [5.74, 6) is -0.344. The highest BCUT2D eigenvalue weighted by atomic mass is 16.8. The van der Waals surface area contributed by atoms with Crippen LogP contribution in [0.5, 0.6) is 0 Å². The molecule has 1 aromatic carbocycles. The lowest BCUT2D eigenvalue weighted by Gasteiger charge is -1.97. The highest BCUT2D eigenvalue weighted by molar-refractivity contribution is 5.94. The van der Waals surface area contributed by atoms with Crippen molar-refractivity contribution in [2.75, 3.05) is 0 Å². The molecule has 1 heterocycles. The maximum atomic E-state index is 11.6. The number of amides is 1. The van der Waals surface area contributed by atoms with Gasteiger partial charge in [-0.25, -0.2) is 5.43 Å². The second-order valence-corrected chi connectivity index (χ2v) is 3.47. The molecule has 1 amide bonds. The number of benzene rings is 1. The predicted molar refractivity (Wildman–Crippen MR) is 61.7 cm³/mol. The van der Waals surface area contributed by atoms with Crippen LogP contribution in [0.1, 0.15) is 21.7 Å². The van der Waals surface area contributed by atoms with Gasteiger partial charge in [-0.15, -0.1) is 0 Å². The lowest BCUT2D eigenvalue weighted by atomic mass is 10.2. The Morgan fingerprint density at radius 1 is 1.50 bits per heavy atom. The molecule has 0 fully saturated rings. The van der Waals surface area contributed by atoms with Crippen LogP contribution in [0.4, 0.5) is 0 Å². The second-order valence-electron chi connectivity index (χ2n) is 3.47. The molecule has 2 rings (SSSR count). The minimum atomic E-state index is -0.344. The van der Waals surface area contributed by atoms with Gasteiger partial charge >= 0.3 is 0 Å². The molecular weight excluding hydrogens is 236 g/mol. The molecule has 1 N–H and O–H groups in total. The van der Waals surface area contributed by atoms with Gasteiger partial charge in [-0.05, 0) is 17.0 Å². The van der Waals surface area contributed by atoms with Crippen LogP contribution in [0.2, 0.25) is 0 Å². The molecular formula is C11H10N4O3. The van der Waals surface area contributed by atoms with Gasteiger partial charge in [-0.1, -0.05) is 18.2 Å². The van der Waals surface area contributed by atoms with Gasteiger partial charge in [-0.3, -0.25) is 9.42 Å². The van der Waals surface area contributed by atoms with E-state index in [0.717, 1.165) is 0 Å². The Kier molecular flexibility index (Phi) is 3.33. The lowest BCUT2D eigenvalue weighted by Crippen LogP contribution is -2.26. The summed E-state index contributed by atoms with van der Waals surface area (Å²) in [6, 6.07) is 8.64. The number of hydrogen-bond acceptors (Lipinski definition) is 5. The van der Waals surface area contributed by atoms with Gasteiger partial charge in [0.1, 0.15) is 6.21 Å². The zero-order chi connectivity index (χ0) is 13.0. The SMILES string of the molecule is Cc1c(/C=N/NC(=O)c2ccccc2)no[n+]1[O-]. The Morgan fingerprint density at radius 2 is 2.22 bits per heavy atom. The van der Waals surface area contributed by atoms with Crippen molar-refractivity contribution in [1.82, 2.24) is 10.6 Å². The van der Waals surface area contributed by atoms with Crippen molar-refractivity contribution in [3.63, 3.8) is 0 Å². The smallest absolute Gasteiger partial charge is 0.271 e. The van der Waals surface area contributed by atoms with E-state index in [1.807, 2.05) is 6.07 Å². The van der Waals surface area contributed by atoms with Crippen LogP contribution in [0, 0.1) is 12.1 Å². The Hall–Kier alpha value is -2.70. The molecule has 1 aromatic heterocycles. The molecule has 0 bridgehead atoms. The molecule has 18 heavy (non-hydrogen) atoms. The monoisotopic (exact) mass is 246 g/mol. The van der Waals surface area contributed by atoms with E-state index in [4.69, 9.17) is 0 Å². The summed E-state index contributed by atoms with van der Waals surface area (Å²) in [5, 5.41) is 18.0. The van der Waals surface area contributed by atoms with E-state index in [0.29, 0.717) is 5.56 Å². The number of aromatic nitrogens is 2. The Bertz CT molecular complexity index is 577. The van der Waals surface area contributed by atoms with Gasteiger partial charge < -0.3 is 5.21 Å². The highest BCUT2D eigenvalue weighted by Crippen LogP contribution is 1.98. The van der Waals surface area contributed by atoms with E-state index in [2.05, 4.69) is 20.3 Å². The third kappa shape index (κ3) is 2.51. The first-order valence-electron chi connectivity index (χ1n) is 5.13. The average molecular weight is 246 g/mol. The van der Waals surface area contributed by atoms with Gasteiger partial charge in [0.25, 0.3) is 11.6 Å². The molecule has 0 aliphatic heterocycles. The molecule has 7 nitrogen and oxygen atoms in total. The van der Waals surface area contributed by atoms with Crippen LogP contribution in [-0.4, -0.2) is 17.3 Å². The van der Waals surface area contributed by atoms with Crippen LogP contribution in [-0.2, 0) is 0 Å². The summed E-state index contributed by atoms with van der Waals surface area (Å²) in [6.07, 6.45) is 1.24. The molecule has 0 radical (unpaired) electrons. The van der Waals surface area contributed by atoms with E-state index >= 15 is 0 Å². The number of nitrogens with zero attached hydrogens (tertiary/aromatic N) is 3. The molecule has 0 saturated heterocycles. The first-order valence-corrected chi connectivity index (χ1v) is 5.13. The molecule has 0 spiro atoms. The van der Waals surface area contributed by atoms with Gasteiger partial charge in [0.15, 0.2) is 0 Å². The van der Waals surface area contributed by atoms with Crippen LogP contribution in [0.25, 0.3) is 0 Å². The van der Waals surface area contributed by atoms with Crippen LogP contribution >= 0.6 is 0 Å². The van der Waals surface area contributed by atoms with E-state index < -0.39 is 0 Å². The van der Waals surface area contributed by atoms with E-state index in [-0.39, 0.29) is 22.2 Å². The fourth-order valence-electron chi connectivity index (χ4n) is 1.22. The van der Waals surface area contributed by atoms with Gasteiger partial charge in [-0.2, -0.15) is 5.10 Å². The first-order chi connectivity index (χ1) is 8.68. The molecule has 7 heteroatoms. The molecule has 0 atom stereocenters. The molecule has 0 aliphatic carbocycles. The van der Waals surface area contributed by atoms with Crippen molar-refractivity contribution in [3.8, 4) is 0 Å². The maximum absolute atomic E-state index is 11.6. The van der Waals surface area contributed by atoms with Crippen LogP contribution < -0.4 is 10.3 Å². The largest absolute Gasteiger partial charge is 0.359 e. The Morgan fingerprint density at radius 3 is 2.83 bits per heavy atom. The Labute approximate surface area is 102 Å². The molecule has 2 aromatic rings. The zero-order valence-electron chi connectivity index (χ0n) is 9.53. The molecule has 92 valence electrons. The summed E-state index contributed by atoms with van der Waals surface area (Å²) >= 11 is 0. The summed E-state index contributed by atoms with van der Waals surface area (Å²) in [6.45, 7) is 1.53. The number of hydrazone groups is 1. The fourth-order valence-corrected chi connectivity index (χ4v) is 1.22. The number of hydrogen-bond donors (Lipinski definition) is 1. The lowest BCUT2D eigenvalue weighted by molar-refractivity contribution is -0.806. The van der Waals surface area contributed by atoms with E-state index in [9.17, 15) is 10.0 Å². The fraction of sp³-hybridized carbons (Fsp3) is 0.0909. The third-order valence-corrected chi connectivity index (χ3v) is 2.25. The summed E-state index contributed by atoms with van der Waals surface area (Å²) in [4.78, 5) is 11.9. The van der Waals surface area contributed by atoms with Gasteiger partial charge in [0, 0.05) is 17.6 Å². The van der Waals surface area contributed by atoms with E-state index in [1.54, 1.807) is 24.3 Å². The number of nitrogens with one attached hydrogen (secondary N) is 1. The van der Waals surface area contributed by atoms with Crippen LogP contribution in [0.15, 0.2) is 40.1 Å². The standard InChI is InChI=1S/C11H10N4O3/c1-8-10(14-18-15(8)17)7-12-13-11(16)9-5-3-2-4-6-9/h2-7H,1H3,(H,13,16)/b12-7+. The number of carbonyl (C=O) groups is 1. The van der Waals surface area contributed by atoms with Crippen LogP contribution in [0.3, 0.4) is 0 Å². The topological polar surface area (TPSA) is 94.4 Å². The van der Waals surface area contributed by atoms with Gasteiger partial charge in [0.2, 0.25) is 5.69 Å². The molecule has 0 unspecified atom stereocenters.